The van der Waals surface area contributed by atoms with Gasteiger partial charge in [0.1, 0.15) is 0 Å². The summed E-state index contributed by atoms with van der Waals surface area (Å²) in [5.41, 5.74) is 3.42. The fourth-order valence-corrected chi connectivity index (χ4v) is 4.48. The molecule has 4 rings (SSSR count). The number of amides is 3. The molecule has 29 heavy (non-hydrogen) atoms. The van der Waals surface area contributed by atoms with Crippen molar-refractivity contribution < 1.29 is 9.59 Å². The summed E-state index contributed by atoms with van der Waals surface area (Å²) in [7, 11) is 0. The molecule has 0 radical (unpaired) electrons. The maximum atomic E-state index is 13.2. The Labute approximate surface area is 172 Å². The van der Waals surface area contributed by atoms with Crippen molar-refractivity contribution in [2.24, 2.45) is 0 Å². The number of benzene rings is 2. The summed E-state index contributed by atoms with van der Waals surface area (Å²) in [5, 5.41) is 3.08. The van der Waals surface area contributed by atoms with Crippen molar-refractivity contribution >= 4 is 17.6 Å². The molecule has 1 unspecified atom stereocenters. The van der Waals surface area contributed by atoms with Gasteiger partial charge in [0, 0.05) is 25.7 Å². The molecule has 2 fully saturated rings. The van der Waals surface area contributed by atoms with Crippen LogP contribution in [0, 0.1) is 6.92 Å². The molecule has 0 spiro atoms. The van der Waals surface area contributed by atoms with E-state index in [0.717, 1.165) is 57.3 Å². The summed E-state index contributed by atoms with van der Waals surface area (Å²) < 4.78 is 0. The third-order valence-electron chi connectivity index (χ3n) is 6.08. The fraction of sp³-hybridized carbons (Fsp3) is 0.417. The van der Waals surface area contributed by atoms with Gasteiger partial charge in [-0.1, -0.05) is 42.5 Å². The minimum Gasteiger partial charge on any atom is -0.339 e. The summed E-state index contributed by atoms with van der Waals surface area (Å²) in [4.78, 5) is 30.0. The molecular weight excluding hydrogens is 362 g/mol. The van der Waals surface area contributed by atoms with E-state index in [1.54, 1.807) is 0 Å². The second-order valence-electron chi connectivity index (χ2n) is 8.11. The van der Waals surface area contributed by atoms with Crippen molar-refractivity contribution in [3.63, 3.8) is 0 Å². The van der Waals surface area contributed by atoms with Gasteiger partial charge in [0.05, 0.1) is 11.3 Å². The van der Waals surface area contributed by atoms with Crippen molar-refractivity contribution in [1.29, 1.82) is 0 Å². The first kappa shape index (κ1) is 19.5. The smallest absolute Gasteiger partial charge is 0.322 e. The lowest BCUT2D eigenvalue weighted by atomic mass is 10.0. The molecule has 1 atom stereocenters. The number of urea groups is 1. The first-order chi connectivity index (χ1) is 14.1. The highest BCUT2D eigenvalue weighted by Crippen LogP contribution is 2.27. The lowest BCUT2D eigenvalue weighted by Crippen LogP contribution is -2.40. The second kappa shape index (κ2) is 8.68. The van der Waals surface area contributed by atoms with E-state index >= 15 is 0 Å². The van der Waals surface area contributed by atoms with Gasteiger partial charge in [-0.05, 0) is 56.2 Å². The van der Waals surface area contributed by atoms with Crippen LogP contribution in [0.5, 0.6) is 0 Å². The van der Waals surface area contributed by atoms with Crippen LogP contribution in [0.3, 0.4) is 0 Å². The van der Waals surface area contributed by atoms with E-state index in [1.165, 1.54) is 5.56 Å². The van der Waals surface area contributed by atoms with Gasteiger partial charge in [-0.25, -0.2) is 4.79 Å². The Morgan fingerprint density at radius 2 is 1.72 bits per heavy atom. The van der Waals surface area contributed by atoms with Crippen LogP contribution in [-0.2, 0) is 6.42 Å². The van der Waals surface area contributed by atoms with Crippen molar-refractivity contribution in [3.8, 4) is 0 Å². The van der Waals surface area contributed by atoms with E-state index in [1.807, 2.05) is 53.1 Å². The number of anilines is 1. The number of carbonyl (C=O) groups excluding carboxylic acids is 2. The lowest BCUT2D eigenvalue weighted by Gasteiger charge is -2.26. The largest absolute Gasteiger partial charge is 0.339 e. The monoisotopic (exact) mass is 391 g/mol. The molecule has 152 valence electrons. The van der Waals surface area contributed by atoms with Gasteiger partial charge in [-0.3, -0.25) is 4.79 Å². The molecule has 2 aliphatic heterocycles. The van der Waals surface area contributed by atoms with Crippen LogP contribution in [0.2, 0.25) is 0 Å². The SMILES string of the molecule is Cc1cccc(C(=O)N2CCCC2)c1NC(=O)N1CCCC1Cc1ccccc1. The predicted octanol–water partition coefficient (Wildman–Crippen LogP) is 4.47. The molecule has 5 heteroatoms. The van der Waals surface area contributed by atoms with Gasteiger partial charge in [-0.2, -0.15) is 0 Å². The number of para-hydroxylation sites is 1. The van der Waals surface area contributed by atoms with Crippen molar-refractivity contribution in [3.05, 3.63) is 65.2 Å². The highest BCUT2D eigenvalue weighted by Gasteiger charge is 2.30. The highest BCUT2D eigenvalue weighted by atomic mass is 16.2. The average Bonchev–Trinajstić information content (AvgIpc) is 3.42. The summed E-state index contributed by atoms with van der Waals surface area (Å²) in [5.74, 6) is 0.0174. The molecule has 5 nitrogen and oxygen atoms in total. The summed E-state index contributed by atoms with van der Waals surface area (Å²) in [6.45, 7) is 4.29. The first-order valence-electron chi connectivity index (χ1n) is 10.6. The topological polar surface area (TPSA) is 52.7 Å². The molecule has 1 N–H and O–H groups in total. The van der Waals surface area contributed by atoms with Gasteiger partial charge in [0.2, 0.25) is 0 Å². The second-order valence-corrected chi connectivity index (χ2v) is 8.11. The Balaban J connectivity index is 1.51. The first-order valence-corrected chi connectivity index (χ1v) is 10.6. The van der Waals surface area contributed by atoms with Crippen LogP contribution in [0.15, 0.2) is 48.5 Å². The predicted molar refractivity (Wildman–Crippen MR) is 115 cm³/mol. The standard InChI is InChI=1S/C24H29N3O2/c1-18-9-7-13-21(23(28)26-14-5-6-15-26)22(18)25-24(29)27-16-8-12-20(27)17-19-10-3-2-4-11-19/h2-4,7,9-11,13,20H,5-6,8,12,14-17H2,1H3,(H,25,29). The minimum atomic E-state index is -0.104. The molecule has 2 aromatic carbocycles. The molecule has 2 aliphatic rings. The lowest BCUT2D eigenvalue weighted by molar-refractivity contribution is 0.0793. The Morgan fingerprint density at radius 1 is 0.966 bits per heavy atom. The Morgan fingerprint density at radius 3 is 2.48 bits per heavy atom. The van der Waals surface area contributed by atoms with E-state index in [0.29, 0.717) is 11.3 Å². The Bertz CT molecular complexity index is 875. The maximum absolute atomic E-state index is 13.2. The zero-order chi connectivity index (χ0) is 20.2. The number of carbonyl (C=O) groups is 2. The minimum absolute atomic E-state index is 0.0174. The van der Waals surface area contributed by atoms with Gasteiger partial charge in [-0.15, -0.1) is 0 Å². The van der Waals surface area contributed by atoms with Crippen LogP contribution in [-0.4, -0.2) is 47.4 Å². The number of rotatable bonds is 4. The summed E-state index contributed by atoms with van der Waals surface area (Å²) in [6.07, 6.45) is 4.98. The van der Waals surface area contributed by atoms with Crippen LogP contribution < -0.4 is 5.32 Å². The van der Waals surface area contributed by atoms with Crippen LogP contribution in [0.4, 0.5) is 10.5 Å². The van der Waals surface area contributed by atoms with E-state index < -0.39 is 0 Å². The van der Waals surface area contributed by atoms with E-state index in [-0.39, 0.29) is 18.0 Å². The van der Waals surface area contributed by atoms with Crippen LogP contribution in [0.25, 0.3) is 0 Å². The highest BCUT2D eigenvalue weighted by molar-refractivity contribution is 6.04. The van der Waals surface area contributed by atoms with Crippen LogP contribution >= 0.6 is 0 Å². The molecule has 0 aliphatic carbocycles. The normalized spacial score (nSPS) is 18.9. The van der Waals surface area contributed by atoms with E-state index in [2.05, 4.69) is 17.4 Å². The fourth-order valence-electron chi connectivity index (χ4n) is 4.48. The van der Waals surface area contributed by atoms with Gasteiger partial charge >= 0.3 is 6.03 Å². The third-order valence-corrected chi connectivity index (χ3v) is 6.08. The van der Waals surface area contributed by atoms with Crippen molar-refractivity contribution in [2.75, 3.05) is 25.0 Å². The van der Waals surface area contributed by atoms with Gasteiger partial charge in [0.15, 0.2) is 0 Å². The number of hydrogen-bond acceptors (Lipinski definition) is 2. The zero-order valence-electron chi connectivity index (χ0n) is 17.1. The summed E-state index contributed by atoms with van der Waals surface area (Å²) >= 11 is 0. The number of nitrogens with zero attached hydrogens (tertiary/aromatic N) is 2. The van der Waals surface area contributed by atoms with E-state index in [4.69, 9.17) is 0 Å². The quantitative estimate of drug-likeness (QED) is 0.836. The molecule has 2 heterocycles. The Hall–Kier alpha value is -2.82. The summed E-state index contributed by atoms with van der Waals surface area (Å²) in [6, 6.07) is 16.1. The molecular formula is C24H29N3O2. The number of likely N-dealkylation sites (tertiary alicyclic amines) is 2. The van der Waals surface area contributed by atoms with E-state index in [9.17, 15) is 9.59 Å². The Kier molecular flexibility index (Phi) is 5.84. The molecule has 0 aromatic heterocycles. The zero-order valence-corrected chi connectivity index (χ0v) is 17.1. The molecule has 2 saturated heterocycles. The maximum Gasteiger partial charge on any atom is 0.322 e. The molecule has 0 bridgehead atoms. The third kappa shape index (κ3) is 4.29. The molecule has 0 saturated carbocycles. The van der Waals surface area contributed by atoms with Crippen molar-refractivity contribution in [1.82, 2.24) is 9.80 Å². The molecule has 2 aromatic rings. The number of nitrogens with one attached hydrogen (secondary N) is 1. The van der Waals surface area contributed by atoms with Gasteiger partial charge < -0.3 is 15.1 Å². The molecule has 3 amide bonds. The average molecular weight is 392 g/mol. The van der Waals surface area contributed by atoms with Crippen molar-refractivity contribution in [2.45, 2.75) is 45.1 Å². The number of aryl methyl sites for hydroxylation is 1. The number of hydrogen-bond donors (Lipinski definition) is 1. The van der Waals surface area contributed by atoms with Crippen LogP contribution in [0.1, 0.15) is 47.2 Å². The van der Waals surface area contributed by atoms with Gasteiger partial charge in [0.25, 0.3) is 5.91 Å².